The second-order valence-electron chi connectivity index (χ2n) is 3.89. The summed E-state index contributed by atoms with van der Waals surface area (Å²) < 4.78 is 0. The van der Waals surface area contributed by atoms with Gasteiger partial charge in [0.1, 0.15) is 0 Å². The van der Waals surface area contributed by atoms with E-state index in [0.717, 1.165) is 5.56 Å². The molecule has 3 heteroatoms. The van der Waals surface area contributed by atoms with Crippen LogP contribution in [0.15, 0.2) is 30.3 Å². The van der Waals surface area contributed by atoms with Crippen LogP contribution >= 0.6 is 0 Å². The highest BCUT2D eigenvalue weighted by Crippen LogP contribution is 2.08. The average molecular weight is 216 g/mol. The van der Waals surface area contributed by atoms with Gasteiger partial charge in [-0.1, -0.05) is 37.3 Å². The first-order valence-electron chi connectivity index (χ1n) is 5.40. The molecule has 1 unspecified atom stereocenters. The van der Waals surface area contributed by atoms with Gasteiger partial charge in [0, 0.05) is 12.0 Å². The zero-order valence-corrected chi connectivity index (χ0v) is 9.44. The zero-order chi connectivity index (χ0) is 11.8. The second kappa shape index (κ2) is 6.76. The maximum Gasteiger partial charge on any atom is 0.163 e. The fraction of sp³-hybridized carbons (Fsp3) is 0.385. The number of hydrogen-bond donors (Lipinski definition) is 1. The molecule has 0 heterocycles. The van der Waals surface area contributed by atoms with Crippen LogP contribution in [-0.2, 0) is 0 Å². The topological polar surface area (TPSA) is 52.9 Å². The number of carbonyl (C=O) groups excluding carboxylic acids is 1. The van der Waals surface area contributed by atoms with Gasteiger partial charge in [0.2, 0.25) is 0 Å². The van der Waals surface area contributed by atoms with E-state index in [2.05, 4.69) is 5.32 Å². The molecule has 1 rings (SSSR count). The predicted molar refractivity (Wildman–Crippen MR) is 63.0 cm³/mol. The fourth-order valence-electron chi connectivity index (χ4n) is 1.51. The Balaban J connectivity index is 2.37. The summed E-state index contributed by atoms with van der Waals surface area (Å²) in [7, 11) is 0. The maximum atomic E-state index is 11.8. The molecule has 0 spiro atoms. The Kier molecular flexibility index (Phi) is 5.24. The van der Waals surface area contributed by atoms with Crippen LogP contribution in [0.1, 0.15) is 23.7 Å². The van der Waals surface area contributed by atoms with Gasteiger partial charge < -0.3 is 5.32 Å². The largest absolute Gasteiger partial charge is 0.304 e. The van der Waals surface area contributed by atoms with Gasteiger partial charge in [0.25, 0.3) is 0 Å². The predicted octanol–water partition coefficient (Wildman–Crippen LogP) is 2.01. The maximum absolute atomic E-state index is 11.8. The molecule has 0 saturated carbocycles. The third-order valence-corrected chi connectivity index (χ3v) is 2.33. The molecule has 0 aromatic heterocycles. The molecule has 1 atom stereocenters. The van der Waals surface area contributed by atoms with Crippen molar-refractivity contribution < 1.29 is 4.79 Å². The van der Waals surface area contributed by atoms with Crippen LogP contribution in [0.3, 0.4) is 0 Å². The van der Waals surface area contributed by atoms with Gasteiger partial charge >= 0.3 is 0 Å². The van der Waals surface area contributed by atoms with Gasteiger partial charge in [-0.25, -0.2) is 0 Å². The molecule has 0 aliphatic rings. The van der Waals surface area contributed by atoms with Gasteiger partial charge in [0.15, 0.2) is 5.78 Å². The summed E-state index contributed by atoms with van der Waals surface area (Å²) in [6.45, 7) is 3.04. The Morgan fingerprint density at radius 1 is 1.44 bits per heavy atom. The lowest BCUT2D eigenvalue weighted by atomic mass is 10.00. The number of rotatable bonds is 6. The summed E-state index contributed by atoms with van der Waals surface area (Å²) in [5, 5.41) is 11.3. The molecule has 0 aliphatic carbocycles. The molecule has 0 aliphatic heterocycles. The summed E-state index contributed by atoms with van der Waals surface area (Å²) in [6, 6.07) is 11.3. The van der Waals surface area contributed by atoms with E-state index >= 15 is 0 Å². The van der Waals surface area contributed by atoms with E-state index in [4.69, 9.17) is 5.26 Å². The minimum Gasteiger partial charge on any atom is -0.304 e. The number of nitriles is 1. The summed E-state index contributed by atoms with van der Waals surface area (Å²) in [5.74, 6) is 0.410. The number of benzene rings is 1. The second-order valence-corrected chi connectivity index (χ2v) is 3.89. The number of nitrogens with one attached hydrogen (secondary N) is 1. The van der Waals surface area contributed by atoms with Crippen LogP contribution in [0.2, 0.25) is 0 Å². The summed E-state index contributed by atoms with van der Waals surface area (Å²) in [6.07, 6.45) is 0.516. The first-order chi connectivity index (χ1) is 7.74. The minimum absolute atomic E-state index is 0.159. The molecule has 0 saturated heterocycles. The highest BCUT2D eigenvalue weighted by molar-refractivity contribution is 5.96. The van der Waals surface area contributed by atoms with Gasteiger partial charge in [-0.05, 0) is 12.5 Å². The summed E-state index contributed by atoms with van der Waals surface area (Å²) in [5.41, 5.74) is 0.759. The number of ketones is 1. The first kappa shape index (κ1) is 12.4. The summed E-state index contributed by atoms with van der Waals surface area (Å²) in [4.78, 5) is 11.8. The van der Waals surface area contributed by atoms with Crippen molar-refractivity contribution in [2.45, 2.75) is 13.3 Å². The molecule has 16 heavy (non-hydrogen) atoms. The zero-order valence-electron chi connectivity index (χ0n) is 9.44. The quantitative estimate of drug-likeness (QED) is 0.449. The van der Waals surface area contributed by atoms with Crippen molar-refractivity contribution in [3.05, 3.63) is 35.9 Å². The molecule has 0 fully saturated rings. The standard InChI is InChI=1S/C13H16N2O/c1-11(10-15-8-7-14)9-13(16)12-5-3-2-4-6-12/h2-6,11,15H,8-10H2,1H3. The molecule has 1 N–H and O–H groups in total. The van der Waals surface area contributed by atoms with Gasteiger partial charge in [-0.2, -0.15) is 5.26 Å². The van der Waals surface area contributed by atoms with Crippen molar-refractivity contribution in [3.8, 4) is 6.07 Å². The molecular formula is C13H16N2O. The molecule has 0 radical (unpaired) electrons. The van der Waals surface area contributed by atoms with E-state index in [1.54, 1.807) is 0 Å². The molecule has 1 aromatic rings. The normalized spacial score (nSPS) is 11.8. The van der Waals surface area contributed by atoms with E-state index in [1.165, 1.54) is 0 Å². The lowest BCUT2D eigenvalue weighted by molar-refractivity contribution is 0.0964. The Hall–Kier alpha value is -1.66. The fourth-order valence-corrected chi connectivity index (χ4v) is 1.51. The van der Waals surface area contributed by atoms with Crippen molar-refractivity contribution in [2.75, 3.05) is 13.1 Å². The van der Waals surface area contributed by atoms with Crippen LogP contribution in [0.5, 0.6) is 0 Å². The van der Waals surface area contributed by atoms with Crippen molar-refractivity contribution in [3.63, 3.8) is 0 Å². The van der Waals surface area contributed by atoms with Crippen LogP contribution in [0.4, 0.5) is 0 Å². The monoisotopic (exact) mass is 216 g/mol. The minimum atomic E-state index is 0.159. The van der Waals surface area contributed by atoms with Crippen LogP contribution in [0, 0.1) is 17.2 Å². The van der Waals surface area contributed by atoms with E-state index in [9.17, 15) is 4.79 Å². The number of hydrogen-bond acceptors (Lipinski definition) is 3. The Morgan fingerprint density at radius 2 is 2.12 bits per heavy atom. The lowest BCUT2D eigenvalue weighted by Gasteiger charge is -2.10. The van der Waals surface area contributed by atoms with Crippen LogP contribution < -0.4 is 5.32 Å². The molecule has 0 bridgehead atoms. The van der Waals surface area contributed by atoms with Gasteiger partial charge in [-0.3, -0.25) is 4.79 Å². The van der Waals surface area contributed by atoms with E-state index in [1.807, 2.05) is 43.3 Å². The van der Waals surface area contributed by atoms with E-state index in [0.29, 0.717) is 19.5 Å². The third-order valence-electron chi connectivity index (χ3n) is 2.33. The van der Waals surface area contributed by atoms with Gasteiger partial charge in [-0.15, -0.1) is 0 Å². The molecule has 1 aromatic carbocycles. The van der Waals surface area contributed by atoms with Gasteiger partial charge in [0.05, 0.1) is 12.6 Å². The molecule has 84 valence electrons. The van der Waals surface area contributed by atoms with E-state index in [-0.39, 0.29) is 11.7 Å². The number of Topliss-reactive ketones (excluding diaryl/α,β-unsaturated/α-hetero) is 1. The van der Waals surface area contributed by atoms with Crippen molar-refractivity contribution >= 4 is 5.78 Å². The van der Waals surface area contributed by atoms with Crippen molar-refractivity contribution in [1.82, 2.24) is 5.32 Å². The SMILES string of the molecule is CC(CNCC#N)CC(=O)c1ccccc1. The van der Waals surface area contributed by atoms with Crippen LogP contribution in [0.25, 0.3) is 0 Å². The first-order valence-corrected chi connectivity index (χ1v) is 5.40. The Morgan fingerprint density at radius 3 is 2.75 bits per heavy atom. The Bertz CT molecular complexity index is 367. The highest BCUT2D eigenvalue weighted by Gasteiger charge is 2.10. The third kappa shape index (κ3) is 4.24. The van der Waals surface area contributed by atoms with Crippen molar-refractivity contribution in [1.29, 1.82) is 5.26 Å². The smallest absolute Gasteiger partial charge is 0.163 e. The Labute approximate surface area is 96.1 Å². The van der Waals surface area contributed by atoms with E-state index < -0.39 is 0 Å². The summed E-state index contributed by atoms with van der Waals surface area (Å²) >= 11 is 0. The number of carbonyl (C=O) groups is 1. The lowest BCUT2D eigenvalue weighted by Crippen LogP contribution is -2.23. The number of nitrogens with zero attached hydrogens (tertiary/aromatic N) is 1. The molecule has 3 nitrogen and oxygen atoms in total. The molecule has 0 amide bonds. The molecular weight excluding hydrogens is 200 g/mol. The van der Waals surface area contributed by atoms with Crippen molar-refractivity contribution in [2.24, 2.45) is 5.92 Å². The average Bonchev–Trinajstić information content (AvgIpc) is 2.30. The highest BCUT2D eigenvalue weighted by atomic mass is 16.1. The van der Waals surface area contributed by atoms with Crippen LogP contribution in [-0.4, -0.2) is 18.9 Å².